The molecular formula is C19H17ClN6O. The first-order valence-corrected chi connectivity index (χ1v) is 9.25. The molecule has 0 aliphatic heterocycles. The first-order valence-electron chi connectivity index (χ1n) is 8.88. The van der Waals surface area contributed by atoms with Crippen LogP contribution in [0.3, 0.4) is 0 Å². The van der Waals surface area contributed by atoms with E-state index in [1.807, 2.05) is 29.7 Å². The number of halogens is 1. The van der Waals surface area contributed by atoms with E-state index < -0.39 is 0 Å². The van der Waals surface area contributed by atoms with E-state index in [1.165, 1.54) is 6.33 Å². The number of pyridine rings is 1. The third kappa shape index (κ3) is 2.66. The molecule has 0 bridgehead atoms. The average Bonchev–Trinajstić information content (AvgIpc) is 3.37. The topological polar surface area (TPSA) is 88.5 Å². The van der Waals surface area contributed by atoms with Gasteiger partial charge in [0.05, 0.1) is 22.8 Å². The highest BCUT2D eigenvalue weighted by Gasteiger charge is 2.29. The van der Waals surface area contributed by atoms with Crippen LogP contribution >= 0.6 is 11.6 Å². The molecule has 2 N–H and O–H groups in total. The Kier molecular flexibility index (Phi) is 3.65. The Morgan fingerprint density at radius 1 is 1.30 bits per heavy atom. The third-order valence-corrected chi connectivity index (χ3v) is 5.31. The molecule has 0 radical (unpaired) electrons. The van der Waals surface area contributed by atoms with Gasteiger partial charge in [-0.1, -0.05) is 23.7 Å². The Bertz CT molecular complexity index is 1230. The van der Waals surface area contributed by atoms with Crippen LogP contribution < -0.4 is 10.9 Å². The van der Waals surface area contributed by atoms with E-state index >= 15 is 0 Å². The maximum Gasteiger partial charge on any atom is 0.260 e. The molecule has 1 atom stereocenters. The zero-order valence-corrected chi connectivity index (χ0v) is 15.4. The summed E-state index contributed by atoms with van der Waals surface area (Å²) in [6, 6.07) is 7.70. The number of rotatable bonds is 4. The Labute approximate surface area is 159 Å². The summed E-state index contributed by atoms with van der Waals surface area (Å²) in [6.45, 7) is 2.02. The van der Waals surface area contributed by atoms with Gasteiger partial charge in [-0.3, -0.25) is 4.79 Å². The maximum absolute atomic E-state index is 13.2. The first-order chi connectivity index (χ1) is 13.1. The van der Waals surface area contributed by atoms with Crippen LogP contribution in [0.4, 0.5) is 5.82 Å². The van der Waals surface area contributed by atoms with Crippen molar-refractivity contribution in [1.29, 1.82) is 0 Å². The van der Waals surface area contributed by atoms with E-state index in [4.69, 9.17) is 11.6 Å². The molecule has 1 saturated carbocycles. The highest BCUT2D eigenvalue weighted by atomic mass is 35.5. The second kappa shape index (κ2) is 6.06. The minimum Gasteiger partial charge on any atom is -0.360 e. The monoisotopic (exact) mass is 380 g/mol. The van der Waals surface area contributed by atoms with Gasteiger partial charge in [0.15, 0.2) is 11.5 Å². The van der Waals surface area contributed by atoms with Crippen molar-refractivity contribution in [1.82, 2.24) is 24.5 Å². The van der Waals surface area contributed by atoms with Gasteiger partial charge in [0, 0.05) is 11.7 Å². The number of nitrogens with zero attached hydrogens (tertiary/aromatic N) is 4. The zero-order valence-electron chi connectivity index (χ0n) is 14.6. The van der Waals surface area contributed by atoms with Crippen LogP contribution in [0.15, 0.2) is 41.7 Å². The number of imidazole rings is 1. The summed E-state index contributed by atoms with van der Waals surface area (Å²) in [7, 11) is 0. The number of aromatic amines is 1. The molecule has 3 aromatic heterocycles. The molecule has 1 unspecified atom stereocenters. The molecule has 7 nitrogen and oxygen atoms in total. The molecular weight excluding hydrogens is 364 g/mol. The normalized spacial score (nSPS) is 15.3. The summed E-state index contributed by atoms with van der Waals surface area (Å²) in [5.41, 5.74) is 2.24. The van der Waals surface area contributed by atoms with Crippen LogP contribution in [0.5, 0.6) is 0 Å². The standard InChI is InChI=1S/C19H17ClN6O/c1-10(25-18-16-17(22-8-21-16)23-9-24-18)14-7-11-3-2-4-13(20)15(11)19(27)26(14)12-5-6-12/h2-4,7-10,12H,5-6H2,1H3,(H2,21,22,23,24,25). The van der Waals surface area contributed by atoms with Gasteiger partial charge in [0.25, 0.3) is 5.56 Å². The van der Waals surface area contributed by atoms with E-state index in [1.54, 1.807) is 12.4 Å². The molecule has 27 heavy (non-hydrogen) atoms. The molecule has 0 amide bonds. The SMILES string of the molecule is CC(Nc1ncnc2nc[nH]c12)c1cc2cccc(Cl)c2c(=O)n1C1CC1. The highest BCUT2D eigenvalue weighted by Crippen LogP contribution is 2.37. The fourth-order valence-electron chi connectivity index (χ4n) is 3.55. The number of hydrogen-bond donors (Lipinski definition) is 2. The number of aromatic nitrogens is 5. The van der Waals surface area contributed by atoms with Gasteiger partial charge < -0.3 is 14.9 Å². The highest BCUT2D eigenvalue weighted by molar-refractivity contribution is 6.35. The number of nitrogens with one attached hydrogen (secondary N) is 2. The van der Waals surface area contributed by atoms with E-state index in [-0.39, 0.29) is 17.6 Å². The molecule has 0 saturated heterocycles. The van der Waals surface area contributed by atoms with Crippen LogP contribution in [-0.2, 0) is 0 Å². The maximum atomic E-state index is 13.2. The molecule has 4 aromatic rings. The Morgan fingerprint density at radius 3 is 2.96 bits per heavy atom. The van der Waals surface area contributed by atoms with E-state index in [2.05, 4.69) is 25.3 Å². The average molecular weight is 381 g/mol. The summed E-state index contributed by atoms with van der Waals surface area (Å²) in [6.07, 6.45) is 5.08. The van der Waals surface area contributed by atoms with Gasteiger partial charge >= 0.3 is 0 Å². The van der Waals surface area contributed by atoms with Gasteiger partial charge in [-0.25, -0.2) is 15.0 Å². The Balaban J connectivity index is 1.64. The van der Waals surface area contributed by atoms with Crippen LogP contribution in [0, 0.1) is 0 Å². The summed E-state index contributed by atoms with van der Waals surface area (Å²) in [5.74, 6) is 0.658. The summed E-state index contributed by atoms with van der Waals surface area (Å²) < 4.78 is 1.89. The zero-order chi connectivity index (χ0) is 18.5. The van der Waals surface area contributed by atoms with Crippen LogP contribution in [0.2, 0.25) is 5.02 Å². The Hall–Kier alpha value is -2.93. The van der Waals surface area contributed by atoms with Crippen molar-refractivity contribution < 1.29 is 0 Å². The predicted octanol–water partition coefficient (Wildman–Crippen LogP) is 3.83. The quantitative estimate of drug-likeness (QED) is 0.561. The number of benzene rings is 1. The summed E-state index contributed by atoms with van der Waals surface area (Å²) in [5, 5.41) is 5.33. The minimum atomic E-state index is -0.136. The molecule has 1 aromatic carbocycles. The number of anilines is 1. The third-order valence-electron chi connectivity index (χ3n) is 4.99. The van der Waals surface area contributed by atoms with Crippen molar-refractivity contribution in [3.63, 3.8) is 0 Å². The second-order valence-electron chi connectivity index (χ2n) is 6.87. The fraction of sp³-hybridized carbons (Fsp3) is 0.263. The van der Waals surface area contributed by atoms with Crippen molar-refractivity contribution in [2.24, 2.45) is 0 Å². The fourth-order valence-corrected chi connectivity index (χ4v) is 3.81. The number of fused-ring (bicyclic) bond motifs is 2. The van der Waals surface area contributed by atoms with Crippen LogP contribution in [0.25, 0.3) is 21.9 Å². The second-order valence-corrected chi connectivity index (χ2v) is 7.28. The van der Waals surface area contributed by atoms with E-state index in [0.717, 1.165) is 29.4 Å². The number of hydrogen-bond acceptors (Lipinski definition) is 5. The van der Waals surface area contributed by atoms with Crippen molar-refractivity contribution in [3.05, 3.63) is 58.0 Å². The Morgan fingerprint density at radius 2 is 2.15 bits per heavy atom. The first kappa shape index (κ1) is 16.3. The predicted molar refractivity (Wildman–Crippen MR) is 105 cm³/mol. The van der Waals surface area contributed by atoms with Crippen molar-refractivity contribution in [3.8, 4) is 0 Å². The van der Waals surface area contributed by atoms with Crippen LogP contribution in [0.1, 0.15) is 37.5 Å². The smallest absolute Gasteiger partial charge is 0.260 e. The molecule has 0 spiro atoms. The minimum absolute atomic E-state index is 0.0291. The number of H-pyrrole nitrogens is 1. The summed E-state index contributed by atoms with van der Waals surface area (Å²) in [4.78, 5) is 28.9. The van der Waals surface area contributed by atoms with Crippen molar-refractivity contribution in [2.75, 3.05) is 5.32 Å². The lowest BCUT2D eigenvalue weighted by atomic mass is 10.1. The van der Waals surface area contributed by atoms with Gasteiger partial charge in [0.2, 0.25) is 0 Å². The summed E-state index contributed by atoms with van der Waals surface area (Å²) >= 11 is 6.32. The van der Waals surface area contributed by atoms with Gasteiger partial charge in [0.1, 0.15) is 11.8 Å². The molecule has 3 heterocycles. The lowest BCUT2D eigenvalue weighted by Gasteiger charge is -2.21. The van der Waals surface area contributed by atoms with Crippen molar-refractivity contribution >= 4 is 39.4 Å². The van der Waals surface area contributed by atoms with Crippen molar-refractivity contribution in [2.45, 2.75) is 31.8 Å². The molecule has 1 fully saturated rings. The lowest BCUT2D eigenvalue weighted by Crippen LogP contribution is -2.26. The molecule has 136 valence electrons. The molecule has 1 aliphatic rings. The van der Waals surface area contributed by atoms with Gasteiger partial charge in [-0.15, -0.1) is 0 Å². The van der Waals surface area contributed by atoms with Crippen LogP contribution in [-0.4, -0.2) is 24.5 Å². The lowest BCUT2D eigenvalue weighted by molar-refractivity contribution is 0.636. The molecule has 8 heteroatoms. The van der Waals surface area contributed by atoms with Gasteiger partial charge in [-0.05, 0) is 37.3 Å². The van der Waals surface area contributed by atoms with E-state index in [0.29, 0.717) is 21.9 Å². The molecule has 5 rings (SSSR count). The van der Waals surface area contributed by atoms with Gasteiger partial charge in [-0.2, -0.15) is 0 Å². The largest absolute Gasteiger partial charge is 0.360 e. The molecule has 1 aliphatic carbocycles. The van der Waals surface area contributed by atoms with E-state index in [9.17, 15) is 4.79 Å².